The number of likely N-dealkylation sites (N-methyl/N-ethyl adjacent to an activating group) is 1. The zero-order valence-electron chi connectivity index (χ0n) is 15.5. The van der Waals surface area contributed by atoms with Gasteiger partial charge in [-0.2, -0.15) is 5.10 Å². The molecular weight excluding hydrogens is 360 g/mol. The minimum atomic E-state index is -3.49. The molecule has 27 heavy (non-hydrogen) atoms. The van der Waals surface area contributed by atoms with E-state index in [0.717, 1.165) is 37.5 Å². The van der Waals surface area contributed by atoms with Gasteiger partial charge in [-0.05, 0) is 19.0 Å². The number of allylic oxidation sites excluding steroid dienone is 2. The largest absolute Gasteiger partial charge is 0.304 e. The van der Waals surface area contributed by atoms with Crippen LogP contribution in [0.1, 0.15) is 5.56 Å². The maximum Gasteiger partial charge on any atom is 0.198 e. The lowest BCUT2D eigenvalue weighted by molar-refractivity contribution is 0.151. The Kier molecular flexibility index (Phi) is 5.08. The van der Waals surface area contributed by atoms with Gasteiger partial charge in [-0.1, -0.05) is 48.6 Å². The molecule has 1 fully saturated rings. The van der Waals surface area contributed by atoms with Gasteiger partial charge in [0, 0.05) is 31.8 Å². The third kappa shape index (κ3) is 3.81. The molecule has 1 aromatic rings. The summed E-state index contributed by atoms with van der Waals surface area (Å²) < 4.78 is 25.8. The normalized spacial score (nSPS) is 23.6. The minimum Gasteiger partial charge on any atom is -0.304 e. The molecular formula is C20H24N4O2S. The molecule has 142 valence electrons. The Morgan fingerprint density at radius 3 is 2.56 bits per heavy atom. The Morgan fingerprint density at radius 1 is 1.07 bits per heavy atom. The fourth-order valence-electron chi connectivity index (χ4n) is 3.66. The number of nitrogens with zero attached hydrogens (tertiary/aromatic N) is 4. The van der Waals surface area contributed by atoms with Crippen molar-refractivity contribution >= 4 is 20.6 Å². The molecule has 1 unspecified atom stereocenters. The average Bonchev–Trinajstić information content (AvgIpc) is 3.13. The lowest BCUT2D eigenvalue weighted by Crippen LogP contribution is -2.51. The van der Waals surface area contributed by atoms with Crippen molar-refractivity contribution in [3.8, 4) is 0 Å². The van der Waals surface area contributed by atoms with Gasteiger partial charge in [0.15, 0.2) is 14.9 Å². The molecule has 0 bridgehead atoms. The molecule has 1 aliphatic carbocycles. The van der Waals surface area contributed by atoms with Crippen LogP contribution in [0.5, 0.6) is 0 Å². The van der Waals surface area contributed by atoms with Crippen LogP contribution in [-0.4, -0.2) is 74.0 Å². The summed E-state index contributed by atoms with van der Waals surface area (Å²) in [5.74, 6) is 0.0406. The summed E-state index contributed by atoms with van der Waals surface area (Å²) >= 11 is 0. The fourth-order valence-corrected chi connectivity index (χ4v) is 5.03. The van der Waals surface area contributed by atoms with E-state index in [0.29, 0.717) is 12.0 Å². The summed E-state index contributed by atoms with van der Waals surface area (Å²) in [7, 11) is -1.37. The summed E-state index contributed by atoms with van der Waals surface area (Å²) in [6.07, 6.45) is 6.33. The van der Waals surface area contributed by atoms with Crippen LogP contribution in [0.3, 0.4) is 0 Å². The Hall–Kier alpha value is -2.09. The first-order valence-corrected chi connectivity index (χ1v) is 10.9. The van der Waals surface area contributed by atoms with Crippen molar-refractivity contribution in [3.05, 3.63) is 59.7 Å². The molecule has 1 aromatic carbocycles. The van der Waals surface area contributed by atoms with E-state index in [4.69, 9.17) is 0 Å². The summed E-state index contributed by atoms with van der Waals surface area (Å²) in [4.78, 5) is 4.64. The van der Waals surface area contributed by atoms with E-state index in [2.05, 4.69) is 33.1 Å². The summed E-state index contributed by atoms with van der Waals surface area (Å²) in [5.41, 5.74) is 2.43. The lowest BCUT2D eigenvalue weighted by Gasteiger charge is -2.37. The van der Waals surface area contributed by atoms with E-state index in [9.17, 15) is 8.42 Å². The molecule has 1 atom stereocenters. The first kappa shape index (κ1) is 18.3. The Labute approximate surface area is 160 Å². The molecule has 0 radical (unpaired) electrons. The predicted molar refractivity (Wildman–Crippen MR) is 109 cm³/mol. The van der Waals surface area contributed by atoms with E-state index < -0.39 is 9.84 Å². The van der Waals surface area contributed by atoms with E-state index in [1.54, 1.807) is 0 Å². The van der Waals surface area contributed by atoms with Crippen molar-refractivity contribution in [1.29, 1.82) is 0 Å². The molecule has 6 nitrogen and oxygen atoms in total. The van der Waals surface area contributed by atoms with Crippen molar-refractivity contribution in [1.82, 2.24) is 9.80 Å². The van der Waals surface area contributed by atoms with Gasteiger partial charge in [-0.3, -0.25) is 4.90 Å². The summed E-state index contributed by atoms with van der Waals surface area (Å²) in [5, 5.41) is 8.50. The number of hydrogen-bond acceptors (Lipinski definition) is 6. The molecule has 0 N–H and O–H groups in total. The predicted octanol–water partition coefficient (Wildman–Crippen LogP) is 1.52. The number of sulfone groups is 1. The number of hydrogen-bond donors (Lipinski definition) is 0. The van der Waals surface area contributed by atoms with E-state index in [1.165, 1.54) is 0 Å². The molecule has 0 spiro atoms. The number of aryl methyl sites for hydroxylation is 1. The van der Waals surface area contributed by atoms with Gasteiger partial charge < -0.3 is 4.90 Å². The molecule has 2 heterocycles. The SMILES string of the molecule is CN1CCN(C2C=CC=C3C2=NN=C3S(=O)(=O)CCc2ccccc2)CC1. The van der Waals surface area contributed by atoms with Gasteiger partial charge in [0.2, 0.25) is 0 Å². The van der Waals surface area contributed by atoms with Crippen molar-refractivity contribution in [3.63, 3.8) is 0 Å². The Morgan fingerprint density at radius 2 is 1.81 bits per heavy atom. The number of rotatable bonds is 4. The third-order valence-corrected chi connectivity index (χ3v) is 6.95. The topological polar surface area (TPSA) is 65.3 Å². The van der Waals surface area contributed by atoms with Crippen LogP contribution in [0.2, 0.25) is 0 Å². The maximum atomic E-state index is 12.9. The standard InChI is InChI=1S/C20H24N4O2S/c1-23-11-13-24(14-12-23)18-9-5-8-17-19(18)21-22-20(17)27(25,26)15-10-16-6-3-2-4-7-16/h2-9,18H,10-15H2,1H3. The molecule has 1 saturated heterocycles. The first-order chi connectivity index (χ1) is 13.0. The summed E-state index contributed by atoms with van der Waals surface area (Å²) in [6.45, 7) is 3.88. The quantitative estimate of drug-likeness (QED) is 0.790. The van der Waals surface area contributed by atoms with Crippen LogP contribution in [-0.2, 0) is 16.3 Å². The van der Waals surface area contributed by atoms with Crippen LogP contribution in [0, 0.1) is 0 Å². The van der Waals surface area contributed by atoms with Crippen molar-refractivity contribution in [2.75, 3.05) is 39.0 Å². The van der Waals surface area contributed by atoms with Gasteiger partial charge in [-0.25, -0.2) is 8.42 Å². The molecule has 4 rings (SSSR count). The van der Waals surface area contributed by atoms with Gasteiger partial charge in [0.1, 0.15) is 0 Å². The fraction of sp³-hybridized carbons (Fsp3) is 0.400. The molecule has 3 aliphatic rings. The average molecular weight is 385 g/mol. The van der Waals surface area contributed by atoms with Gasteiger partial charge in [0.05, 0.1) is 17.5 Å². The molecule has 0 amide bonds. The molecule has 0 saturated carbocycles. The first-order valence-electron chi connectivity index (χ1n) is 9.29. The zero-order chi connectivity index (χ0) is 18.9. The smallest absolute Gasteiger partial charge is 0.198 e. The second-order valence-corrected chi connectivity index (χ2v) is 9.22. The van der Waals surface area contributed by atoms with Crippen LogP contribution >= 0.6 is 0 Å². The number of benzene rings is 1. The monoisotopic (exact) mass is 384 g/mol. The van der Waals surface area contributed by atoms with Crippen molar-refractivity contribution in [2.45, 2.75) is 12.5 Å². The maximum absolute atomic E-state index is 12.9. The third-order valence-electron chi connectivity index (χ3n) is 5.32. The van der Waals surface area contributed by atoms with E-state index in [1.807, 2.05) is 42.5 Å². The highest BCUT2D eigenvalue weighted by molar-refractivity contribution is 8.07. The van der Waals surface area contributed by atoms with Crippen LogP contribution < -0.4 is 0 Å². The molecule has 0 aromatic heterocycles. The van der Waals surface area contributed by atoms with Gasteiger partial charge >= 0.3 is 0 Å². The number of fused-ring (bicyclic) bond motifs is 1. The van der Waals surface area contributed by atoms with Gasteiger partial charge in [0.25, 0.3) is 0 Å². The Bertz CT molecular complexity index is 924. The summed E-state index contributed by atoms with van der Waals surface area (Å²) in [6, 6.07) is 9.66. The second-order valence-electron chi connectivity index (χ2n) is 7.19. The van der Waals surface area contributed by atoms with Gasteiger partial charge in [-0.15, -0.1) is 5.10 Å². The van der Waals surface area contributed by atoms with E-state index >= 15 is 0 Å². The second kappa shape index (κ2) is 7.50. The van der Waals surface area contributed by atoms with Crippen molar-refractivity contribution in [2.24, 2.45) is 10.2 Å². The van der Waals surface area contributed by atoms with Crippen LogP contribution in [0.25, 0.3) is 0 Å². The highest BCUT2D eigenvalue weighted by Crippen LogP contribution is 2.25. The highest BCUT2D eigenvalue weighted by atomic mass is 32.2. The molecule has 2 aliphatic heterocycles. The van der Waals surface area contributed by atoms with Crippen LogP contribution in [0.15, 0.2) is 64.3 Å². The minimum absolute atomic E-state index is 0.00396. The highest BCUT2D eigenvalue weighted by Gasteiger charge is 2.37. The lowest BCUT2D eigenvalue weighted by atomic mass is 9.97. The van der Waals surface area contributed by atoms with Crippen molar-refractivity contribution < 1.29 is 8.42 Å². The number of piperazine rings is 1. The zero-order valence-corrected chi connectivity index (χ0v) is 16.3. The Balaban J connectivity index is 1.47. The van der Waals surface area contributed by atoms with Crippen LogP contribution in [0.4, 0.5) is 0 Å². The van der Waals surface area contributed by atoms with E-state index in [-0.39, 0.29) is 16.8 Å². The molecule has 7 heteroatoms.